The second-order valence-electron chi connectivity index (χ2n) is 7.22. The van der Waals surface area contributed by atoms with Crippen LogP contribution in [0, 0.1) is 0 Å². The Morgan fingerprint density at radius 1 is 1.14 bits per heavy atom. The highest BCUT2D eigenvalue weighted by Crippen LogP contribution is 2.37. The Labute approximate surface area is 170 Å². The van der Waals surface area contributed by atoms with Crippen LogP contribution in [0.25, 0.3) is 22.8 Å². The SMILES string of the molecule is COc1cccc(-c2noc(-c3ccc(N4CCC(N(C)C)C4)nc3)n2)c1OC. The molecule has 3 heterocycles. The molecule has 1 atom stereocenters. The summed E-state index contributed by atoms with van der Waals surface area (Å²) in [5.41, 5.74) is 1.48. The minimum atomic E-state index is 0.413. The molecule has 29 heavy (non-hydrogen) atoms. The summed E-state index contributed by atoms with van der Waals surface area (Å²) in [6.45, 7) is 2.00. The van der Waals surface area contributed by atoms with Crippen molar-refractivity contribution >= 4 is 5.82 Å². The minimum Gasteiger partial charge on any atom is -0.493 e. The topological polar surface area (TPSA) is 76.8 Å². The largest absolute Gasteiger partial charge is 0.493 e. The highest BCUT2D eigenvalue weighted by atomic mass is 16.5. The molecular weight excluding hydrogens is 370 g/mol. The molecule has 1 aliphatic rings. The Hall–Kier alpha value is -3.13. The lowest BCUT2D eigenvalue weighted by Crippen LogP contribution is -2.31. The summed E-state index contributed by atoms with van der Waals surface area (Å²) in [4.78, 5) is 13.7. The Morgan fingerprint density at radius 3 is 2.66 bits per heavy atom. The molecule has 0 aliphatic carbocycles. The predicted octanol–water partition coefficient (Wildman–Crippen LogP) is 2.96. The molecule has 1 aromatic carbocycles. The van der Waals surface area contributed by atoms with Gasteiger partial charge in [0.25, 0.3) is 5.89 Å². The molecule has 1 saturated heterocycles. The van der Waals surface area contributed by atoms with E-state index in [2.05, 4.69) is 39.0 Å². The third-order valence-corrected chi connectivity index (χ3v) is 5.28. The van der Waals surface area contributed by atoms with Crippen molar-refractivity contribution in [3.05, 3.63) is 36.5 Å². The standard InChI is InChI=1S/C21H25N5O3/c1-25(2)15-10-11-26(13-15)18-9-8-14(12-22-18)21-23-20(24-29-21)16-6-5-7-17(27-3)19(16)28-4/h5-9,12,15H,10-11,13H2,1-4H3. The van der Waals surface area contributed by atoms with E-state index in [0.717, 1.165) is 30.9 Å². The number of pyridine rings is 1. The molecule has 2 aromatic heterocycles. The molecule has 4 rings (SSSR count). The molecular formula is C21H25N5O3. The van der Waals surface area contributed by atoms with Crippen LogP contribution in [-0.2, 0) is 0 Å². The normalized spacial score (nSPS) is 16.4. The molecule has 3 aromatic rings. The minimum absolute atomic E-state index is 0.413. The van der Waals surface area contributed by atoms with Gasteiger partial charge in [-0.25, -0.2) is 4.98 Å². The summed E-state index contributed by atoms with van der Waals surface area (Å²) >= 11 is 0. The second kappa shape index (κ2) is 8.08. The van der Waals surface area contributed by atoms with Crippen molar-refractivity contribution in [1.29, 1.82) is 0 Å². The lowest BCUT2D eigenvalue weighted by molar-refractivity contribution is 0.315. The van der Waals surface area contributed by atoms with Crippen molar-refractivity contribution in [1.82, 2.24) is 20.0 Å². The quantitative estimate of drug-likeness (QED) is 0.631. The fraction of sp³-hybridized carbons (Fsp3) is 0.381. The highest BCUT2D eigenvalue weighted by molar-refractivity contribution is 5.69. The van der Waals surface area contributed by atoms with E-state index < -0.39 is 0 Å². The number of likely N-dealkylation sites (N-methyl/N-ethyl adjacent to an activating group) is 1. The van der Waals surface area contributed by atoms with Crippen LogP contribution in [0.3, 0.4) is 0 Å². The Bertz CT molecular complexity index is 971. The molecule has 152 valence electrons. The Balaban J connectivity index is 1.55. The third kappa shape index (κ3) is 3.75. The fourth-order valence-corrected chi connectivity index (χ4v) is 3.58. The van der Waals surface area contributed by atoms with Gasteiger partial charge in [0.05, 0.1) is 25.3 Å². The number of para-hydroxylation sites is 1. The summed E-state index contributed by atoms with van der Waals surface area (Å²) in [6, 6.07) is 10.1. The number of benzene rings is 1. The zero-order valence-corrected chi connectivity index (χ0v) is 17.1. The average molecular weight is 395 g/mol. The Morgan fingerprint density at radius 2 is 2.00 bits per heavy atom. The van der Waals surface area contributed by atoms with Gasteiger partial charge in [0.15, 0.2) is 11.5 Å². The van der Waals surface area contributed by atoms with Gasteiger partial charge < -0.3 is 23.8 Å². The van der Waals surface area contributed by atoms with E-state index >= 15 is 0 Å². The van der Waals surface area contributed by atoms with Crippen LogP contribution < -0.4 is 14.4 Å². The van der Waals surface area contributed by atoms with E-state index in [1.165, 1.54) is 0 Å². The lowest BCUT2D eigenvalue weighted by Gasteiger charge is -2.21. The second-order valence-corrected chi connectivity index (χ2v) is 7.22. The van der Waals surface area contributed by atoms with Crippen LogP contribution in [-0.4, -0.2) is 67.5 Å². The zero-order chi connectivity index (χ0) is 20.4. The first-order chi connectivity index (χ1) is 14.1. The molecule has 1 fully saturated rings. The summed E-state index contributed by atoms with van der Waals surface area (Å²) in [7, 11) is 7.42. The number of anilines is 1. The predicted molar refractivity (Wildman–Crippen MR) is 110 cm³/mol. The maximum atomic E-state index is 5.47. The first-order valence-electron chi connectivity index (χ1n) is 9.53. The van der Waals surface area contributed by atoms with Gasteiger partial charge in [0.2, 0.25) is 5.82 Å². The average Bonchev–Trinajstić information content (AvgIpc) is 3.43. The summed E-state index contributed by atoms with van der Waals surface area (Å²) < 4.78 is 16.3. The van der Waals surface area contributed by atoms with Gasteiger partial charge in [-0.2, -0.15) is 4.98 Å². The van der Waals surface area contributed by atoms with E-state index in [0.29, 0.717) is 34.8 Å². The van der Waals surface area contributed by atoms with Gasteiger partial charge in [0.1, 0.15) is 5.82 Å². The number of nitrogens with zero attached hydrogens (tertiary/aromatic N) is 5. The maximum absolute atomic E-state index is 5.47. The van der Waals surface area contributed by atoms with E-state index in [9.17, 15) is 0 Å². The maximum Gasteiger partial charge on any atom is 0.259 e. The molecule has 1 aliphatic heterocycles. The van der Waals surface area contributed by atoms with Gasteiger partial charge in [-0.1, -0.05) is 11.2 Å². The van der Waals surface area contributed by atoms with Crippen molar-refractivity contribution in [3.63, 3.8) is 0 Å². The first kappa shape index (κ1) is 19.2. The number of ether oxygens (including phenoxy) is 2. The molecule has 0 amide bonds. The number of aromatic nitrogens is 3. The zero-order valence-electron chi connectivity index (χ0n) is 17.1. The van der Waals surface area contributed by atoms with Gasteiger partial charge in [-0.15, -0.1) is 0 Å². The molecule has 0 saturated carbocycles. The number of rotatable bonds is 6. The lowest BCUT2D eigenvalue weighted by atomic mass is 10.1. The molecule has 1 unspecified atom stereocenters. The Kier molecular flexibility index (Phi) is 5.35. The molecule has 8 nitrogen and oxygen atoms in total. The van der Waals surface area contributed by atoms with E-state index in [1.54, 1.807) is 20.4 Å². The van der Waals surface area contributed by atoms with Crippen molar-refractivity contribution in [3.8, 4) is 34.3 Å². The highest BCUT2D eigenvalue weighted by Gasteiger charge is 2.25. The molecule has 0 N–H and O–H groups in total. The summed E-state index contributed by atoms with van der Waals surface area (Å²) in [5.74, 6) is 3.00. The smallest absolute Gasteiger partial charge is 0.259 e. The molecule has 0 spiro atoms. The number of methoxy groups -OCH3 is 2. The van der Waals surface area contributed by atoms with Gasteiger partial charge >= 0.3 is 0 Å². The van der Waals surface area contributed by atoms with E-state index in [-0.39, 0.29) is 0 Å². The third-order valence-electron chi connectivity index (χ3n) is 5.28. The molecule has 0 radical (unpaired) electrons. The van der Waals surface area contributed by atoms with Crippen LogP contribution in [0.4, 0.5) is 5.82 Å². The summed E-state index contributed by atoms with van der Waals surface area (Å²) in [5, 5.41) is 4.11. The molecule has 8 heteroatoms. The van der Waals surface area contributed by atoms with E-state index in [1.807, 2.05) is 30.3 Å². The first-order valence-corrected chi connectivity index (χ1v) is 9.53. The number of hydrogen-bond acceptors (Lipinski definition) is 8. The van der Waals surface area contributed by atoms with Gasteiger partial charge in [-0.05, 0) is 44.8 Å². The van der Waals surface area contributed by atoms with Crippen LogP contribution >= 0.6 is 0 Å². The van der Waals surface area contributed by atoms with Crippen LogP contribution in [0.2, 0.25) is 0 Å². The van der Waals surface area contributed by atoms with Crippen LogP contribution in [0.15, 0.2) is 41.1 Å². The van der Waals surface area contributed by atoms with Crippen molar-refractivity contribution in [2.75, 3.05) is 46.3 Å². The van der Waals surface area contributed by atoms with Crippen molar-refractivity contribution < 1.29 is 14.0 Å². The van der Waals surface area contributed by atoms with Crippen molar-refractivity contribution in [2.24, 2.45) is 0 Å². The van der Waals surface area contributed by atoms with E-state index in [4.69, 9.17) is 14.0 Å². The van der Waals surface area contributed by atoms with Crippen molar-refractivity contribution in [2.45, 2.75) is 12.5 Å². The molecule has 0 bridgehead atoms. The summed E-state index contributed by atoms with van der Waals surface area (Å²) in [6.07, 6.45) is 2.92. The van der Waals surface area contributed by atoms with Crippen LogP contribution in [0.1, 0.15) is 6.42 Å². The monoisotopic (exact) mass is 395 g/mol. The van der Waals surface area contributed by atoms with Crippen LogP contribution in [0.5, 0.6) is 11.5 Å². The number of hydrogen-bond donors (Lipinski definition) is 0. The van der Waals surface area contributed by atoms with Gasteiger partial charge in [-0.3, -0.25) is 0 Å². The van der Waals surface area contributed by atoms with Gasteiger partial charge in [0, 0.05) is 25.3 Å². The fourth-order valence-electron chi connectivity index (χ4n) is 3.58.